The average molecular weight is 399 g/mol. The fourth-order valence-corrected chi connectivity index (χ4v) is 3.30. The summed E-state index contributed by atoms with van der Waals surface area (Å²) in [6, 6.07) is 12.9. The molecule has 2 aromatic carbocycles. The molecular weight excluding hydrogens is 378 g/mol. The van der Waals surface area contributed by atoms with E-state index in [0.29, 0.717) is 28.8 Å². The molecule has 0 aliphatic rings. The molecule has 146 valence electrons. The van der Waals surface area contributed by atoms with Gasteiger partial charge in [0.25, 0.3) is 5.91 Å². The molecule has 0 N–H and O–H groups in total. The van der Waals surface area contributed by atoms with Crippen molar-refractivity contribution < 1.29 is 18.8 Å². The van der Waals surface area contributed by atoms with Crippen LogP contribution in [0.1, 0.15) is 16.2 Å². The summed E-state index contributed by atoms with van der Waals surface area (Å²) < 4.78 is 15.9. The largest absolute Gasteiger partial charge is 0.493 e. The quantitative estimate of drug-likeness (QED) is 0.560. The van der Waals surface area contributed by atoms with Crippen molar-refractivity contribution in [2.45, 2.75) is 11.4 Å². The molecule has 0 spiro atoms. The minimum absolute atomic E-state index is 0.101. The fraction of sp³-hybridized carbons (Fsp3) is 0.250. The maximum atomic E-state index is 12.8. The molecule has 0 radical (unpaired) electrons. The third-order valence-electron chi connectivity index (χ3n) is 4.17. The lowest BCUT2D eigenvalue weighted by Gasteiger charge is -2.16. The van der Waals surface area contributed by atoms with E-state index in [0.717, 1.165) is 10.5 Å². The van der Waals surface area contributed by atoms with E-state index in [4.69, 9.17) is 14.0 Å². The van der Waals surface area contributed by atoms with E-state index < -0.39 is 0 Å². The molecule has 0 unspecified atom stereocenters. The Hall–Kier alpha value is -3.00. The van der Waals surface area contributed by atoms with Crippen LogP contribution in [0.3, 0.4) is 0 Å². The summed E-state index contributed by atoms with van der Waals surface area (Å²) >= 11 is 1.53. The number of carbonyl (C=O) groups is 1. The van der Waals surface area contributed by atoms with Crippen LogP contribution in [-0.4, -0.2) is 48.5 Å². The topological polar surface area (TPSA) is 77.7 Å². The van der Waals surface area contributed by atoms with E-state index in [9.17, 15) is 4.79 Å². The van der Waals surface area contributed by atoms with E-state index in [1.165, 1.54) is 11.8 Å². The van der Waals surface area contributed by atoms with Gasteiger partial charge in [0.05, 0.1) is 26.3 Å². The summed E-state index contributed by atoms with van der Waals surface area (Å²) in [5, 5.41) is 4.01. The van der Waals surface area contributed by atoms with Crippen LogP contribution in [0, 0.1) is 0 Å². The molecule has 0 atom stereocenters. The SMILES string of the molecule is COc1ccc(-c2noc(CN(C)C(=O)c3ccccc3SC)n2)cc1OC. The van der Waals surface area contributed by atoms with Gasteiger partial charge < -0.3 is 18.9 Å². The zero-order valence-electron chi connectivity index (χ0n) is 16.1. The van der Waals surface area contributed by atoms with Gasteiger partial charge in [-0.25, -0.2) is 0 Å². The van der Waals surface area contributed by atoms with Gasteiger partial charge >= 0.3 is 0 Å². The minimum Gasteiger partial charge on any atom is -0.493 e. The van der Waals surface area contributed by atoms with Crippen LogP contribution >= 0.6 is 11.8 Å². The Morgan fingerprint density at radius 1 is 1.14 bits per heavy atom. The number of carbonyl (C=O) groups excluding carboxylic acids is 1. The predicted octanol–water partition coefficient (Wildman–Crippen LogP) is 3.75. The zero-order chi connectivity index (χ0) is 20.1. The maximum absolute atomic E-state index is 12.8. The zero-order valence-corrected chi connectivity index (χ0v) is 16.9. The second-order valence-corrected chi connectivity index (χ2v) is 6.79. The molecule has 7 nitrogen and oxygen atoms in total. The molecule has 3 aromatic rings. The number of nitrogens with zero attached hydrogens (tertiary/aromatic N) is 3. The molecule has 8 heteroatoms. The van der Waals surface area contributed by atoms with Crippen molar-refractivity contribution in [3.05, 3.63) is 53.9 Å². The van der Waals surface area contributed by atoms with E-state index >= 15 is 0 Å². The number of methoxy groups -OCH3 is 2. The van der Waals surface area contributed by atoms with E-state index in [1.54, 1.807) is 38.3 Å². The summed E-state index contributed by atoms with van der Waals surface area (Å²) in [4.78, 5) is 19.6. The molecule has 0 saturated carbocycles. The van der Waals surface area contributed by atoms with Gasteiger partial charge in [-0.1, -0.05) is 17.3 Å². The normalized spacial score (nSPS) is 10.6. The lowest BCUT2D eigenvalue weighted by atomic mass is 10.2. The molecule has 3 rings (SSSR count). The molecule has 0 bridgehead atoms. The second kappa shape index (κ2) is 8.79. The lowest BCUT2D eigenvalue weighted by Crippen LogP contribution is -2.26. The standard InChI is InChI=1S/C20H21N3O4S/c1-23(20(24)14-7-5-6-8-17(14)28-4)12-18-21-19(22-27-18)13-9-10-15(25-2)16(11-13)26-3/h5-11H,12H2,1-4H3. The van der Waals surface area contributed by atoms with Gasteiger partial charge in [-0.3, -0.25) is 4.79 Å². The first-order valence-corrected chi connectivity index (χ1v) is 9.73. The minimum atomic E-state index is -0.101. The number of thioether (sulfide) groups is 1. The van der Waals surface area contributed by atoms with Crippen LogP contribution in [0.5, 0.6) is 11.5 Å². The van der Waals surface area contributed by atoms with Crippen molar-refractivity contribution in [2.24, 2.45) is 0 Å². The van der Waals surface area contributed by atoms with Crippen LogP contribution < -0.4 is 9.47 Å². The van der Waals surface area contributed by atoms with E-state index in [2.05, 4.69) is 10.1 Å². The molecule has 1 amide bonds. The van der Waals surface area contributed by atoms with Gasteiger partial charge in [-0.2, -0.15) is 4.98 Å². The Morgan fingerprint density at radius 2 is 1.89 bits per heavy atom. The molecule has 0 saturated heterocycles. The summed E-state index contributed by atoms with van der Waals surface area (Å²) in [5.74, 6) is 1.86. The average Bonchev–Trinajstić information content (AvgIpc) is 3.20. The lowest BCUT2D eigenvalue weighted by molar-refractivity contribution is 0.0766. The van der Waals surface area contributed by atoms with Crippen LogP contribution in [0.25, 0.3) is 11.4 Å². The number of hydrogen-bond acceptors (Lipinski definition) is 7. The first kappa shape index (κ1) is 19.8. The monoisotopic (exact) mass is 399 g/mol. The van der Waals surface area contributed by atoms with Crippen LogP contribution in [0.15, 0.2) is 51.9 Å². The molecule has 1 aromatic heterocycles. The molecule has 0 aliphatic heterocycles. The smallest absolute Gasteiger partial charge is 0.255 e. The van der Waals surface area contributed by atoms with Crippen molar-refractivity contribution in [1.29, 1.82) is 0 Å². The van der Waals surface area contributed by atoms with E-state index in [1.807, 2.05) is 36.6 Å². The van der Waals surface area contributed by atoms with Crippen LogP contribution in [0.2, 0.25) is 0 Å². The van der Waals surface area contributed by atoms with Gasteiger partial charge in [0.2, 0.25) is 11.7 Å². The molecule has 0 aliphatic carbocycles. The van der Waals surface area contributed by atoms with Crippen LogP contribution in [-0.2, 0) is 6.54 Å². The van der Waals surface area contributed by atoms with Crippen molar-refractivity contribution in [1.82, 2.24) is 15.0 Å². The van der Waals surface area contributed by atoms with Crippen molar-refractivity contribution >= 4 is 17.7 Å². The van der Waals surface area contributed by atoms with Gasteiger partial charge in [-0.15, -0.1) is 11.8 Å². The Kier molecular flexibility index (Phi) is 6.20. The Labute approximate surface area is 167 Å². The second-order valence-electron chi connectivity index (χ2n) is 5.94. The van der Waals surface area contributed by atoms with Crippen molar-refractivity contribution in [3.8, 4) is 22.9 Å². The van der Waals surface area contributed by atoms with Crippen molar-refractivity contribution in [2.75, 3.05) is 27.5 Å². The number of hydrogen-bond donors (Lipinski definition) is 0. The maximum Gasteiger partial charge on any atom is 0.255 e. The highest BCUT2D eigenvalue weighted by Crippen LogP contribution is 2.31. The summed E-state index contributed by atoms with van der Waals surface area (Å²) in [6.07, 6.45) is 1.94. The Bertz CT molecular complexity index is 974. The highest BCUT2D eigenvalue weighted by molar-refractivity contribution is 7.98. The highest BCUT2D eigenvalue weighted by Gasteiger charge is 2.19. The van der Waals surface area contributed by atoms with E-state index in [-0.39, 0.29) is 12.5 Å². The fourth-order valence-electron chi connectivity index (χ4n) is 2.71. The number of aromatic nitrogens is 2. The van der Waals surface area contributed by atoms with Gasteiger partial charge in [0, 0.05) is 17.5 Å². The molecule has 28 heavy (non-hydrogen) atoms. The summed E-state index contributed by atoms with van der Waals surface area (Å²) in [5.41, 5.74) is 1.38. The van der Waals surface area contributed by atoms with Crippen molar-refractivity contribution in [3.63, 3.8) is 0 Å². The van der Waals surface area contributed by atoms with Gasteiger partial charge in [0.1, 0.15) is 0 Å². The molecule has 0 fully saturated rings. The number of rotatable bonds is 7. The summed E-state index contributed by atoms with van der Waals surface area (Å²) in [6.45, 7) is 0.210. The third kappa shape index (κ3) is 4.12. The number of benzene rings is 2. The van der Waals surface area contributed by atoms with Gasteiger partial charge in [-0.05, 0) is 36.6 Å². The Morgan fingerprint density at radius 3 is 2.61 bits per heavy atom. The Balaban J connectivity index is 1.76. The first-order valence-electron chi connectivity index (χ1n) is 8.50. The van der Waals surface area contributed by atoms with Crippen LogP contribution in [0.4, 0.5) is 0 Å². The number of amides is 1. The van der Waals surface area contributed by atoms with Gasteiger partial charge in [0.15, 0.2) is 11.5 Å². The molecule has 1 heterocycles. The highest BCUT2D eigenvalue weighted by atomic mass is 32.2. The number of ether oxygens (including phenoxy) is 2. The predicted molar refractivity (Wildman–Crippen MR) is 107 cm³/mol. The molecular formula is C20H21N3O4S. The first-order chi connectivity index (χ1) is 13.6. The summed E-state index contributed by atoms with van der Waals surface area (Å²) in [7, 11) is 4.85. The third-order valence-corrected chi connectivity index (χ3v) is 4.96.